The number of aromatic nitrogens is 2. The van der Waals surface area contributed by atoms with Crippen LogP contribution in [0.5, 0.6) is 11.5 Å². The van der Waals surface area contributed by atoms with Crippen molar-refractivity contribution in [2.45, 2.75) is 19.9 Å². The van der Waals surface area contributed by atoms with E-state index in [-0.39, 0.29) is 11.9 Å². The molecule has 138 valence electrons. The third-order valence-corrected chi connectivity index (χ3v) is 4.80. The summed E-state index contributed by atoms with van der Waals surface area (Å²) in [6, 6.07) is 15.1. The highest BCUT2D eigenvalue weighted by molar-refractivity contribution is 6.10. The summed E-state index contributed by atoms with van der Waals surface area (Å²) in [6.07, 6.45) is 0. The molecule has 1 aliphatic rings. The standard InChI is InChI=1S/C21H21N3O3/c1-4-27-17-11-7-15(8-12-17)24-20(14-5-9-16(26-3)10-6-14)18-13(2)22-23-19(18)21(24)25/h5-12,20H,4H2,1-3H3,(H,22,23)/t20-/m1/s1. The van der Waals surface area contributed by atoms with Gasteiger partial charge in [-0.25, -0.2) is 0 Å². The maximum atomic E-state index is 13.1. The molecule has 1 N–H and O–H groups in total. The van der Waals surface area contributed by atoms with E-state index in [4.69, 9.17) is 9.47 Å². The second-order valence-corrected chi connectivity index (χ2v) is 6.39. The number of carbonyl (C=O) groups is 1. The molecule has 2 heterocycles. The predicted molar refractivity (Wildman–Crippen MR) is 103 cm³/mol. The van der Waals surface area contributed by atoms with Crippen LogP contribution in [0.3, 0.4) is 0 Å². The lowest BCUT2D eigenvalue weighted by atomic mass is 9.99. The summed E-state index contributed by atoms with van der Waals surface area (Å²) < 4.78 is 10.8. The van der Waals surface area contributed by atoms with Gasteiger partial charge in [0.1, 0.15) is 11.5 Å². The molecule has 6 nitrogen and oxygen atoms in total. The monoisotopic (exact) mass is 363 g/mol. The van der Waals surface area contributed by atoms with Crippen LogP contribution in [0.1, 0.15) is 40.3 Å². The smallest absolute Gasteiger partial charge is 0.279 e. The highest BCUT2D eigenvalue weighted by atomic mass is 16.5. The van der Waals surface area contributed by atoms with Crippen LogP contribution < -0.4 is 14.4 Å². The van der Waals surface area contributed by atoms with Gasteiger partial charge in [-0.3, -0.25) is 14.8 Å². The molecule has 0 fully saturated rings. The number of anilines is 1. The third kappa shape index (κ3) is 2.83. The fourth-order valence-electron chi connectivity index (χ4n) is 3.53. The molecule has 3 aromatic rings. The van der Waals surface area contributed by atoms with Crippen molar-refractivity contribution in [2.75, 3.05) is 18.6 Å². The van der Waals surface area contributed by atoms with Crippen LogP contribution in [0, 0.1) is 6.92 Å². The summed E-state index contributed by atoms with van der Waals surface area (Å²) in [5.74, 6) is 1.45. The van der Waals surface area contributed by atoms with Crippen LogP contribution in [-0.4, -0.2) is 29.8 Å². The van der Waals surface area contributed by atoms with E-state index in [1.165, 1.54) is 0 Å². The molecule has 0 saturated heterocycles. The van der Waals surface area contributed by atoms with Gasteiger partial charge in [0, 0.05) is 16.9 Å². The number of nitrogens with zero attached hydrogens (tertiary/aromatic N) is 2. The van der Waals surface area contributed by atoms with E-state index in [9.17, 15) is 4.79 Å². The number of hydrogen-bond acceptors (Lipinski definition) is 4. The second kappa shape index (κ2) is 6.79. The highest BCUT2D eigenvalue weighted by Gasteiger charge is 2.42. The van der Waals surface area contributed by atoms with Crippen molar-refractivity contribution in [3.05, 3.63) is 71.0 Å². The first kappa shape index (κ1) is 17.1. The van der Waals surface area contributed by atoms with Crippen LogP contribution in [0.15, 0.2) is 48.5 Å². The van der Waals surface area contributed by atoms with E-state index in [0.29, 0.717) is 12.3 Å². The topological polar surface area (TPSA) is 67.5 Å². The predicted octanol–water partition coefficient (Wildman–Crippen LogP) is 3.88. The van der Waals surface area contributed by atoms with Crippen LogP contribution in [0.2, 0.25) is 0 Å². The molecule has 0 unspecified atom stereocenters. The number of fused-ring (bicyclic) bond motifs is 1. The summed E-state index contributed by atoms with van der Waals surface area (Å²) in [7, 11) is 1.64. The maximum Gasteiger partial charge on any atom is 0.279 e. The fraction of sp³-hybridized carbons (Fsp3) is 0.238. The fourth-order valence-corrected chi connectivity index (χ4v) is 3.53. The molecule has 0 radical (unpaired) electrons. The summed E-state index contributed by atoms with van der Waals surface area (Å²) in [4.78, 5) is 14.9. The Labute approximate surface area is 157 Å². The van der Waals surface area contributed by atoms with Crippen LogP contribution in [-0.2, 0) is 0 Å². The van der Waals surface area contributed by atoms with Crippen LogP contribution in [0.25, 0.3) is 0 Å². The first-order valence-electron chi connectivity index (χ1n) is 8.89. The number of benzene rings is 2. The van der Waals surface area contributed by atoms with Crippen molar-refractivity contribution in [2.24, 2.45) is 0 Å². The first-order chi connectivity index (χ1) is 13.1. The van der Waals surface area contributed by atoms with Gasteiger partial charge in [-0.1, -0.05) is 12.1 Å². The lowest BCUT2D eigenvalue weighted by Crippen LogP contribution is -2.29. The van der Waals surface area contributed by atoms with Gasteiger partial charge in [-0.2, -0.15) is 5.10 Å². The molecule has 1 atom stereocenters. The molecule has 6 heteroatoms. The number of ether oxygens (including phenoxy) is 2. The minimum atomic E-state index is -0.241. The number of aromatic amines is 1. The van der Waals surface area contributed by atoms with E-state index >= 15 is 0 Å². The SMILES string of the molecule is CCOc1ccc(N2C(=O)c3n[nH]c(C)c3[C@H]2c2ccc(OC)cc2)cc1. The van der Waals surface area contributed by atoms with E-state index in [0.717, 1.165) is 34.0 Å². The molecule has 0 saturated carbocycles. The Bertz CT molecular complexity index is 961. The van der Waals surface area contributed by atoms with Gasteiger partial charge in [-0.05, 0) is 55.8 Å². The van der Waals surface area contributed by atoms with Crippen molar-refractivity contribution < 1.29 is 14.3 Å². The minimum Gasteiger partial charge on any atom is -0.497 e. The lowest BCUT2D eigenvalue weighted by Gasteiger charge is -2.26. The number of aryl methyl sites for hydroxylation is 1. The normalized spacial score (nSPS) is 15.7. The van der Waals surface area contributed by atoms with Crippen LogP contribution >= 0.6 is 0 Å². The number of H-pyrrole nitrogens is 1. The molecule has 2 aromatic carbocycles. The van der Waals surface area contributed by atoms with E-state index < -0.39 is 0 Å². The molecule has 0 aliphatic carbocycles. The quantitative estimate of drug-likeness (QED) is 0.747. The molecule has 27 heavy (non-hydrogen) atoms. The second-order valence-electron chi connectivity index (χ2n) is 6.39. The van der Waals surface area contributed by atoms with Crippen molar-refractivity contribution in [1.29, 1.82) is 0 Å². The minimum absolute atomic E-state index is 0.112. The Morgan fingerprint density at radius 3 is 2.37 bits per heavy atom. The van der Waals surface area contributed by atoms with Gasteiger partial charge in [-0.15, -0.1) is 0 Å². The molecule has 4 rings (SSSR count). The Morgan fingerprint density at radius 2 is 1.74 bits per heavy atom. The Hall–Kier alpha value is -3.28. The maximum absolute atomic E-state index is 13.1. The van der Waals surface area contributed by atoms with Gasteiger partial charge in [0.2, 0.25) is 0 Å². The Morgan fingerprint density at radius 1 is 1.07 bits per heavy atom. The largest absolute Gasteiger partial charge is 0.497 e. The molecule has 0 spiro atoms. The van der Waals surface area contributed by atoms with Gasteiger partial charge in [0.15, 0.2) is 5.69 Å². The van der Waals surface area contributed by atoms with Crippen molar-refractivity contribution >= 4 is 11.6 Å². The molecule has 1 amide bonds. The summed E-state index contributed by atoms with van der Waals surface area (Å²) in [6.45, 7) is 4.49. The van der Waals surface area contributed by atoms with E-state index in [1.807, 2.05) is 62.4 Å². The van der Waals surface area contributed by atoms with Gasteiger partial charge in [0.05, 0.1) is 19.8 Å². The summed E-state index contributed by atoms with van der Waals surface area (Å²) in [5.41, 5.74) is 4.09. The molecule has 1 aromatic heterocycles. The van der Waals surface area contributed by atoms with Gasteiger partial charge >= 0.3 is 0 Å². The van der Waals surface area contributed by atoms with E-state index in [1.54, 1.807) is 12.0 Å². The molecule has 0 bridgehead atoms. The number of carbonyl (C=O) groups excluding carboxylic acids is 1. The average Bonchev–Trinajstić information content (AvgIpc) is 3.21. The van der Waals surface area contributed by atoms with E-state index in [2.05, 4.69) is 10.2 Å². The van der Waals surface area contributed by atoms with Gasteiger partial charge < -0.3 is 9.47 Å². The molecular formula is C21H21N3O3. The first-order valence-corrected chi connectivity index (χ1v) is 8.89. The Kier molecular flexibility index (Phi) is 4.32. The van der Waals surface area contributed by atoms with Crippen molar-refractivity contribution in [3.63, 3.8) is 0 Å². The number of nitrogens with one attached hydrogen (secondary N) is 1. The van der Waals surface area contributed by atoms with Crippen LogP contribution in [0.4, 0.5) is 5.69 Å². The zero-order valence-electron chi connectivity index (χ0n) is 15.5. The van der Waals surface area contributed by atoms with Crippen molar-refractivity contribution in [1.82, 2.24) is 10.2 Å². The number of hydrogen-bond donors (Lipinski definition) is 1. The number of methoxy groups -OCH3 is 1. The van der Waals surface area contributed by atoms with Crippen molar-refractivity contribution in [3.8, 4) is 11.5 Å². The molecule has 1 aliphatic heterocycles. The average molecular weight is 363 g/mol. The highest BCUT2D eigenvalue weighted by Crippen LogP contribution is 2.42. The zero-order chi connectivity index (χ0) is 19.0. The third-order valence-electron chi connectivity index (χ3n) is 4.80. The summed E-state index contributed by atoms with van der Waals surface area (Å²) in [5, 5.41) is 7.19. The number of amides is 1. The Balaban J connectivity index is 1.79. The number of rotatable bonds is 5. The molecular weight excluding hydrogens is 342 g/mol. The summed E-state index contributed by atoms with van der Waals surface area (Å²) >= 11 is 0. The van der Waals surface area contributed by atoms with Gasteiger partial charge in [0.25, 0.3) is 5.91 Å². The lowest BCUT2D eigenvalue weighted by molar-refractivity contribution is 0.0988. The zero-order valence-corrected chi connectivity index (χ0v) is 15.5.